The lowest BCUT2D eigenvalue weighted by molar-refractivity contribution is -0.121. The van der Waals surface area contributed by atoms with E-state index in [1.54, 1.807) is 0 Å². The lowest BCUT2D eigenvalue weighted by atomic mass is 9.80. The summed E-state index contributed by atoms with van der Waals surface area (Å²) in [5.41, 5.74) is 0.796. The number of amides is 2. The average molecular weight is 367 g/mol. The number of fused-ring (bicyclic) bond motifs is 1. The second kappa shape index (κ2) is 8.53. The summed E-state index contributed by atoms with van der Waals surface area (Å²) >= 11 is 0. The van der Waals surface area contributed by atoms with Crippen LogP contribution in [0.25, 0.3) is 10.8 Å². The van der Waals surface area contributed by atoms with Gasteiger partial charge in [-0.15, -0.1) is 0 Å². The van der Waals surface area contributed by atoms with Crippen LogP contribution in [0.4, 0.5) is 0 Å². The average Bonchev–Trinajstić information content (AvgIpc) is 2.68. The van der Waals surface area contributed by atoms with Crippen LogP contribution in [0, 0.1) is 5.41 Å². The van der Waals surface area contributed by atoms with E-state index in [0.29, 0.717) is 25.1 Å². The maximum atomic E-state index is 12.3. The van der Waals surface area contributed by atoms with Gasteiger partial charge in [0.15, 0.2) is 0 Å². The Morgan fingerprint density at radius 2 is 1.74 bits per heavy atom. The second-order valence-electron chi connectivity index (χ2n) is 7.96. The number of hydrogen-bond acceptors (Lipinski definition) is 3. The minimum atomic E-state index is -0.143. The zero-order valence-electron chi connectivity index (χ0n) is 16.3. The first-order valence-corrected chi connectivity index (χ1v) is 9.67. The number of piperidine rings is 1. The molecule has 1 saturated heterocycles. The van der Waals surface area contributed by atoms with Crippen molar-refractivity contribution in [1.82, 2.24) is 15.5 Å². The Bertz CT molecular complexity index is 810. The topological polar surface area (TPSA) is 61.4 Å². The van der Waals surface area contributed by atoms with Crippen molar-refractivity contribution in [3.05, 3.63) is 48.0 Å². The molecule has 0 bridgehead atoms. The van der Waals surface area contributed by atoms with Crippen LogP contribution >= 0.6 is 0 Å². The summed E-state index contributed by atoms with van der Waals surface area (Å²) in [6.07, 6.45) is 2.50. The van der Waals surface area contributed by atoms with E-state index in [-0.39, 0.29) is 17.2 Å². The minimum Gasteiger partial charge on any atom is -0.355 e. The van der Waals surface area contributed by atoms with Gasteiger partial charge in [0.2, 0.25) is 5.91 Å². The van der Waals surface area contributed by atoms with E-state index in [4.69, 9.17) is 0 Å². The van der Waals surface area contributed by atoms with E-state index in [1.165, 1.54) is 0 Å². The quantitative estimate of drug-likeness (QED) is 0.825. The predicted molar refractivity (Wildman–Crippen MR) is 109 cm³/mol. The third-order valence-corrected chi connectivity index (χ3v) is 5.56. The van der Waals surface area contributed by atoms with Gasteiger partial charge in [-0.1, -0.05) is 37.3 Å². The smallest absolute Gasteiger partial charge is 0.251 e. The van der Waals surface area contributed by atoms with Crippen LogP contribution in [-0.2, 0) is 4.79 Å². The predicted octanol–water partition coefficient (Wildman–Crippen LogP) is 2.81. The molecule has 1 aliphatic rings. The van der Waals surface area contributed by atoms with Gasteiger partial charge < -0.3 is 15.5 Å². The Morgan fingerprint density at radius 3 is 2.48 bits per heavy atom. The molecule has 0 atom stereocenters. The van der Waals surface area contributed by atoms with Gasteiger partial charge in [-0.3, -0.25) is 9.59 Å². The molecule has 2 N–H and O–H groups in total. The Hall–Kier alpha value is -2.40. The molecule has 27 heavy (non-hydrogen) atoms. The van der Waals surface area contributed by atoms with Gasteiger partial charge in [0.25, 0.3) is 5.91 Å². The van der Waals surface area contributed by atoms with Gasteiger partial charge >= 0.3 is 0 Å². The first-order valence-electron chi connectivity index (χ1n) is 9.67. The Balaban J connectivity index is 1.42. The van der Waals surface area contributed by atoms with Crippen LogP contribution in [0.5, 0.6) is 0 Å². The number of rotatable bonds is 6. The summed E-state index contributed by atoms with van der Waals surface area (Å²) < 4.78 is 0. The van der Waals surface area contributed by atoms with Gasteiger partial charge in [0, 0.05) is 25.1 Å². The van der Waals surface area contributed by atoms with Crippen molar-refractivity contribution in [2.75, 3.05) is 33.2 Å². The van der Waals surface area contributed by atoms with Crippen LogP contribution in [0.1, 0.15) is 36.5 Å². The fraction of sp³-hybridized carbons (Fsp3) is 0.455. The third kappa shape index (κ3) is 5.30. The maximum Gasteiger partial charge on any atom is 0.251 e. The number of likely N-dealkylation sites (tertiary alicyclic amines) is 1. The van der Waals surface area contributed by atoms with Crippen LogP contribution in [0.3, 0.4) is 0 Å². The van der Waals surface area contributed by atoms with Crippen molar-refractivity contribution in [3.8, 4) is 0 Å². The molecule has 3 rings (SSSR count). The SMILES string of the molecule is CN1CCC(C)(CNC(=O)CCNC(=O)c2ccc3ccccc3c2)CC1. The Morgan fingerprint density at radius 1 is 1.04 bits per heavy atom. The van der Waals surface area contributed by atoms with Crippen molar-refractivity contribution in [2.24, 2.45) is 5.41 Å². The van der Waals surface area contributed by atoms with Crippen LogP contribution in [-0.4, -0.2) is 49.9 Å². The molecule has 0 aromatic heterocycles. The van der Waals surface area contributed by atoms with Crippen LogP contribution in [0.15, 0.2) is 42.5 Å². The number of carbonyl (C=O) groups excluding carboxylic acids is 2. The molecule has 2 aromatic carbocycles. The van der Waals surface area contributed by atoms with Crippen molar-refractivity contribution in [2.45, 2.75) is 26.2 Å². The second-order valence-corrected chi connectivity index (χ2v) is 7.96. The molecule has 2 aromatic rings. The van der Waals surface area contributed by atoms with E-state index in [1.807, 2.05) is 42.5 Å². The molecule has 144 valence electrons. The molecular weight excluding hydrogens is 338 g/mol. The van der Waals surface area contributed by atoms with Gasteiger partial charge in [0.1, 0.15) is 0 Å². The van der Waals surface area contributed by atoms with E-state index < -0.39 is 0 Å². The Labute approximate surface area is 161 Å². The first kappa shape index (κ1) is 19.4. The highest BCUT2D eigenvalue weighted by molar-refractivity contribution is 5.98. The molecule has 5 nitrogen and oxygen atoms in total. The molecule has 1 heterocycles. The molecule has 0 unspecified atom stereocenters. The highest BCUT2D eigenvalue weighted by Gasteiger charge is 2.29. The largest absolute Gasteiger partial charge is 0.355 e. The fourth-order valence-corrected chi connectivity index (χ4v) is 3.46. The van der Waals surface area contributed by atoms with Crippen LogP contribution < -0.4 is 10.6 Å². The number of hydrogen-bond donors (Lipinski definition) is 2. The number of nitrogens with zero attached hydrogens (tertiary/aromatic N) is 1. The van der Waals surface area contributed by atoms with Gasteiger partial charge in [-0.05, 0) is 61.3 Å². The van der Waals surface area contributed by atoms with E-state index in [9.17, 15) is 9.59 Å². The maximum absolute atomic E-state index is 12.3. The standard InChI is InChI=1S/C22H29N3O2/c1-22(10-13-25(2)14-11-22)16-24-20(26)9-12-23-21(27)19-8-7-17-5-3-4-6-18(17)15-19/h3-8,15H,9-14,16H2,1-2H3,(H,23,27)(H,24,26). The number of nitrogens with one attached hydrogen (secondary N) is 2. The molecule has 5 heteroatoms. The molecule has 0 spiro atoms. The fourth-order valence-electron chi connectivity index (χ4n) is 3.46. The third-order valence-electron chi connectivity index (χ3n) is 5.56. The normalized spacial score (nSPS) is 16.8. The lowest BCUT2D eigenvalue weighted by Crippen LogP contribution is -2.43. The van der Waals surface area contributed by atoms with Crippen molar-refractivity contribution < 1.29 is 9.59 Å². The molecule has 0 saturated carbocycles. The summed E-state index contributed by atoms with van der Waals surface area (Å²) in [7, 11) is 2.14. The van der Waals surface area contributed by atoms with Gasteiger partial charge in [0.05, 0.1) is 0 Å². The Kier molecular flexibility index (Phi) is 6.11. The number of carbonyl (C=O) groups is 2. The first-order chi connectivity index (χ1) is 13.0. The molecule has 1 fully saturated rings. The summed E-state index contributed by atoms with van der Waals surface area (Å²) in [6, 6.07) is 13.6. The van der Waals surface area contributed by atoms with Crippen LogP contribution in [0.2, 0.25) is 0 Å². The summed E-state index contributed by atoms with van der Waals surface area (Å²) in [6.45, 7) is 5.44. The van der Waals surface area contributed by atoms with Gasteiger partial charge in [-0.25, -0.2) is 0 Å². The van der Waals surface area contributed by atoms with E-state index >= 15 is 0 Å². The summed E-state index contributed by atoms with van der Waals surface area (Å²) in [5.74, 6) is -0.148. The lowest BCUT2D eigenvalue weighted by Gasteiger charge is -2.37. The number of benzene rings is 2. The molecule has 1 aliphatic heterocycles. The highest BCUT2D eigenvalue weighted by Crippen LogP contribution is 2.29. The zero-order chi connectivity index (χ0) is 19.3. The van der Waals surface area contributed by atoms with Crippen molar-refractivity contribution in [1.29, 1.82) is 0 Å². The van der Waals surface area contributed by atoms with E-state index in [0.717, 1.165) is 36.7 Å². The molecule has 2 amide bonds. The molecule has 0 aliphatic carbocycles. The monoisotopic (exact) mass is 367 g/mol. The zero-order valence-corrected chi connectivity index (χ0v) is 16.3. The van der Waals surface area contributed by atoms with Crippen molar-refractivity contribution in [3.63, 3.8) is 0 Å². The van der Waals surface area contributed by atoms with Gasteiger partial charge in [-0.2, -0.15) is 0 Å². The molecular formula is C22H29N3O2. The minimum absolute atomic E-state index is 0.00559. The molecule has 0 radical (unpaired) electrons. The summed E-state index contributed by atoms with van der Waals surface area (Å²) in [4.78, 5) is 26.7. The van der Waals surface area contributed by atoms with E-state index in [2.05, 4.69) is 29.5 Å². The van der Waals surface area contributed by atoms with Crippen molar-refractivity contribution >= 4 is 22.6 Å². The highest BCUT2D eigenvalue weighted by atomic mass is 16.2. The summed E-state index contributed by atoms with van der Waals surface area (Å²) in [5, 5.41) is 8.02.